The number of hydrogen-bond acceptors (Lipinski definition) is 6. The van der Waals surface area contributed by atoms with Crippen LogP contribution in [0.25, 0.3) is 21.5 Å². The largest absolute Gasteiger partial charge is 0.481 e. The Balaban J connectivity index is 2.08. The molecule has 0 saturated heterocycles. The van der Waals surface area contributed by atoms with Gasteiger partial charge in [-0.2, -0.15) is 0 Å². The molecule has 0 bridgehead atoms. The minimum absolute atomic E-state index is 0.124. The van der Waals surface area contributed by atoms with Gasteiger partial charge in [-0.1, -0.05) is 75.1 Å². The molecule has 3 aromatic carbocycles. The Hall–Kier alpha value is -3.80. The van der Waals surface area contributed by atoms with Crippen LogP contribution in [0.4, 0.5) is 0 Å². The molecule has 3 aromatic rings. The Bertz CT molecular complexity index is 1160. The number of carbonyl (C=O) groups excluding carboxylic acids is 2. The van der Waals surface area contributed by atoms with Crippen LogP contribution in [0, 0.1) is 0 Å². The third-order valence-corrected chi connectivity index (χ3v) is 4.92. The predicted molar refractivity (Wildman–Crippen MR) is 129 cm³/mol. The summed E-state index contributed by atoms with van der Waals surface area (Å²) in [6, 6.07) is 13.6. The van der Waals surface area contributed by atoms with Gasteiger partial charge in [-0.3, -0.25) is 0 Å². The highest BCUT2D eigenvalue weighted by molar-refractivity contribution is 6.11. The number of ether oxygens (including phenoxy) is 4. The summed E-state index contributed by atoms with van der Waals surface area (Å²) in [6.45, 7) is 8.97. The van der Waals surface area contributed by atoms with Crippen molar-refractivity contribution >= 4 is 33.5 Å². The fraction of sp³-hybridized carbons (Fsp3) is 0.259. The Morgan fingerprint density at radius 2 is 1.30 bits per heavy atom. The Morgan fingerprint density at radius 3 is 1.82 bits per heavy atom. The van der Waals surface area contributed by atoms with Crippen molar-refractivity contribution in [1.82, 2.24) is 0 Å². The average molecular weight is 449 g/mol. The van der Waals surface area contributed by atoms with E-state index in [1.165, 1.54) is 12.2 Å². The first-order valence-electron chi connectivity index (χ1n) is 10.8. The van der Waals surface area contributed by atoms with Gasteiger partial charge in [0.1, 0.15) is 24.7 Å². The van der Waals surface area contributed by atoms with Gasteiger partial charge in [0.25, 0.3) is 0 Å². The van der Waals surface area contributed by atoms with E-state index in [4.69, 9.17) is 18.9 Å². The van der Waals surface area contributed by atoms with Gasteiger partial charge in [-0.25, -0.2) is 9.59 Å². The molecule has 0 unspecified atom stereocenters. The first kappa shape index (κ1) is 23.9. The van der Waals surface area contributed by atoms with Crippen molar-refractivity contribution in [2.24, 2.45) is 0 Å². The van der Waals surface area contributed by atoms with Crippen molar-refractivity contribution in [3.63, 3.8) is 0 Å². The molecule has 0 amide bonds. The number of rotatable bonds is 12. The summed E-state index contributed by atoms with van der Waals surface area (Å²) in [6.07, 6.45) is 4.89. The number of fused-ring (bicyclic) bond motifs is 2. The lowest BCUT2D eigenvalue weighted by Gasteiger charge is -2.18. The number of carbonyl (C=O) groups is 2. The van der Waals surface area contributed by atoms with E-state index in [1.807, 2.05) is 42.5 Å². The molecule has 0 aliphatic carbocycles. The van der Waals surface area contributed by atoms with Gasteiger partial charge in [0.15, 0.2) is 13.2 Å². The third kappa shape index (κ3) is 5.92. The van der Waals surface area contributed by atoms with Crippen molar-refractivity contribution in [2.75, 3.05) is 26.4 Å². The second-order valence-corrected chi connectivity index (χ2v) is 7.35. The molecular weight excluding hydrogens is 420 g/mol. The number of hydrogen-bond donors (Lipinski definition) is 0. The lowest BCUT2D eigenvalue weighted by molar-refractivity contribution is -0.145. The summed E-state index contributed by atoms with van der Waals surface area (Å²) in [5.41, 5.74) is 1.13. The minimum atomic E-state index is -0.486. The van der Waals surface area contributed by atoms with E-state index in [1.54, 1.807) is 0 Å². The molecule has 0 N–H and O–H groups in total. The molecule has 0 radical (unpaired) electrons. The fourth-order valence-corrected chi connectivity index (χ4v) is 3.55. The maximum absolute atomic E-state index is 12.1. The quantitative estimate of drug-likeness (QED) is 0.216. The summed E-state index contributed by atoms with van der Waals surface area (Å²) in [5, 5.41) is 3.11. The van der Waals surface area contributed by atoms with Crippen LogP contribution in [-0.2, 0) is 25.5 Å². The highest BCUT2D eigenvalue weighted by Crippen LogP contribution is 2.43. The van der Waals surface area contributed by atoms with Gasteiger partial charge in [0, 0.05) is 21.5 Å². The molecule has 0 spiro atoms. The molecule has 0 atom stereocenters. The Kier molecular flexibility index (Phi) is 8.47. The van der Waals surface area contributed by atoms with Crippen molar-refractivity contribution in [1.29, 1.82) is 0 Å². The van der Waals surface area contributed by atoms with Crippen molar-refractivity contribution in [2.45, 2.75) is 19.8 Å². The highest BCUT2D eigenvalue weighted by atomic mass is 16.6. The lowest BCUT2D eigenvalue weighted by Crippen LogP contribution is -2.16. The summed E-state index contributed by atoms with van der Waals surface area (Å²) >= 11 is 0. The van der Waals surface area contributed by atoms with E-state index < -0.39 is 11.9 Å². The average Bonchev–Trinajstić information content (AvgIpc) is 2.83. The van der Waals surface area contributed by atoms with E-state index in [0.29, 0.717) is 11.5 Å². The molecule has 3 rings (SSSR count). The van der Waals surface area contributed by atoms with Crippen LogP contribution in [0.1, 0.15) is 18.9 Å². The smallest absolute Gasteiger partial charge is 0.344 e. The Morgan fingerprint density at radius 1 is 0.788 bits per heavy atom. The van der Waals surface area contributed by atoms with E-state index in [-0.39, 0.29) is 26.4 Å². The second kappa shape index (κ2) is 11.7. The zero-order valence-electron chi connectivity index (χ0n) is 18.8. The van der Waals surface area contributed by atoms with Crippen LogP contribution >= 0.6 is 0 Å². The molecular formula is C27H28O6. The summed E-state index contributed by atoms with van der Waals surface area (Å²) < 4.78 is 22.0. The normalized spacial score (nSPS) is 10.6. The summed E-state index contributed by atoms with van der Waals surface area (Å²) in [5.74, 6) is 0.152. The monoisotopic (exact) mass is 448 g/mol. The number of aryl methyl sites for hydroxylation is 1. The lowest BCUT2D eigenvalue weighted by atomic mass is 9.97. The minimum Gasteiger partial charge on any atom is -0.481 e. The summed E-state index contributed by atoms with van der Waals surface area (Å²) in [7, 11) is 0. The van der Waals surface area contributed by atoms with Crippen LogP contribution in [0.15, 0.2) is 67.8 Å². The third-order valence-electron chi connectivity index (χ3n) is 4.92. The van der Waals surface area contributed by atoms with Gasteiger partial charge in [0.2, 0.25) is 0 Å². The predicted octanol–water partition coefficient (Wildman–Crippen LogP) is 5.16. The van der Waals surface area contributed by atoms with Crippen LogP contribution in [-0.4, -0.2) is 38.4 Å². The zero-order valence-corrected chi connectivity index (χ0v) is 18.8. The van der Waals surface area contributed by atoms with E-state index >= 15 is 0 Å². The first-order valence-corrected chi connectivity index (χ1v) is 10.8. The van der Waals surface area contributed by atoms with Gasteiger partial charge < -0.3 is 18.9 Å². The molecule has 0 heterocycles. The molecule has 172 valence electrons. The maximum atomic E-state index is 12.1. The molecule has 0 aromatic heterocycles. The molecule has 33 heavy (non-hydrogen) atoms. The number of benzene rings is 3. The molecule has 6 heteroatoms. The van der Waals surface area contributed by atoms with Crippen molar-refractivity contribution < 1.29 is 28.5 Å². The van der Waals surface area contributed by atoms with Crippen LogP contribution in [0.2, 0.25) is 0 Å². The van der Waals surface area contributed by atoms with Gasteiger partial charge in [-0.05, 0) is 18.1 Å². The van der Waals surface area contributed by atoms with Crippen molar-refractivity contribution in [3.8, 4) is 11.5 Å². The van der Waals surface area contributed by atoms with E-state index in [0.717, 1.165) is 39.9 Å². The fourth-order valence-electron chi connectivity index (χ4n) is 3.55. The first-order chi connectivity index (χ1) is 16.1. The van der Waals surface area contributed by atoms with E-state index in [2.05, 4.69) is 20.1 Å². The maximum Gasteiger partial charge on any atom is 0.344 e. The standard InChI is InChI=1S/C27H28O6/c1-4-9-19-12-13-22-23(16-19)27(33-18-25(29)31-15-6-3)21-11-8-7-10-20(21)26(22)32-17-24(28)30-14-5-2/h5-8,10-13,16H,2-4,9,14-15,17-18H2,1H3. The molecule has 0 aliphatic heterocycles. The van der Waals surface area contributed by atoms with E-state index in [9.17, 15) is 9.59 Å². The zero-order chi connectivity index (χ0) is 23.6. The van der Waals surface area contributed by atoms with Crippen LogP contribution in [0.3, 0.4) is 0 Å². The van der Waals surface area contributed by atoms with Crippen LogP contribution in [0.5, 0.6) is 11.5 Å². The van der Waals surface area contributed by atoms with Crippen LogP contribution < -0.4 is 9.47 Å². The van der Waals surface area contributed by atoms with Gasteiger partial charge in [0.05, 0.1) is 0 Å². The molecule has 6 nitrogen and oxygen atoms in total. The molecule has 0 saturated carbocycles. The molecule has 0 aliphatic rings. The second-order valence-electron chi connectivity index (χ2n) is 7.35. The number of esters is 2. The van der Waals surface area contributed by atoms with Gasteiger partial charge >= 0.3 is 11.9 Å². The Labute approximate surface area is 193 Å². The highest BCUT2D eigenvalue weighted by Gasteiger charge is 2.18. The SMILES string of the molecule is C=CCOC(=O)COc1c2ccccc2c(OCC(=O)OCC=C)c2cc(CCC)ccc12. The topological polar surface area (TPSA) is 71.1 Å². The van der Waals surface area contributed by atoms with Crippen molar-refractivity contribution in [3.05, 3.63) is 73.3 Å². The summed E-state index contributed by atoms with van der Waals surface area (Å²) in [4.78, 5) is 24.1. The molecule has 0 fully saturated rings. The van der Waals surface area contributed by atoms with Gasteiger partial charge in [-0.15, -0.1) is 0 Å².